The molecule has 2 aromatic carbocycles. The summed E-state index contributed by atoms with van der Waals surface area (Å²) in [6, 6.07) is 10.9. The van der Waals surface area contributed by atoms with Gasteiger partial charge in [-0.1, -0.05) is 36.4 Å². The van der Waals surface area contributed by atoms with E-state index in [1.165, 1.54) is 52.5 Å². The summed E-state index contributed by atoms with van der Waals surface area (Å²) in [7, 11) is 3.78. The van der Waals surface area contributed by atoms with E-state index < -0.39 is 42.8 Å². The zero-order valence-electron chi connectivity index (χ0n) is 19.1. The molecule has 2 atom stereocenters. The number of amides is 2. The Labute approximate surface area is 192 Å². The first kappa shape index (κ1) is 26.0. The molecule has 0 aromatic heterocycles. The summed E-state index contributed by atoms with van der Waals surface area (Å²) in [4.78, 5) is 36.9. The standard InChI is InChI=1S/C23H28BFN2O6/c1-15(28)26-20(13-17-7-11-19(25)12-8-17)22(29)27-21(23(30)31-2)14-16-5-9-18(10-6-16)24(32-3)33-4/h5-12,20-21H,13-14H2,1-4H3,(H,26,28)(H,27,29)/t20-,21+/m0/s1. The van der Waals surface area contributed by atoms with E-state index in [0.29, 0.717) is 5.56 Å². The molecule has 0 aliphatic heterocycles. The van der Waals surface area contributed by atoms with Gasteiger partial charge in [-0.05, 0) is 28.7 Å². The highest BCUT2D eigenvalue weighted by Gasteiger charge is 2.27. The summed E-state index contributed by atoms with van der Waals surface area (Å²) in [5.41, 5.74) is 2.23. The molecule has 0 spiro atoms. The molecule has 0 saturated heterocycles. The minimum absolute atomic E-state index is 0.129. The summed E-state index contributed by atoms with van der Waals surface area (Å²) in [6.07, 6.45) is 0.302. The van der Waals surface area contributed by atoms with Gasteiger partial charge >= 0.3 is 13.1 Å². The van der Waals surface area contributed by atoms with Gasteiger partial charge in [-0.15, -0.1) is 0 Å². The van der Waals surface area contributed by atoms with Crippen molar-refractivity contribution in [3.63, 3.8) is 0 Å². The molecule has 0 bridgehead atoms. The lowest BCUT2D eigenvalue weighted by Crippen LogP contribution is -2.53. The maximum atomic E-state index is 13.2. The number of nitrogens with one attached hydrogen (secondary N) is 2. The average molecular weight is 458 g/mol. The fourth-order valence-corrected chi connectivity index (χ4v) is 3.33. The predicted octanol–water partition coefficient (Wildman–Crippen LogP) is 0.761. The molecule has 2 N–H and O–H groups in total. The number of hydrogen-bond acceptors (Lipinski definition) is 6. The number of methoxy groups -OCH3 is 1. The molecule has 0 fully saturated rings. The van der Waals surface area contributed by atoms with Crippen LogP contribution in [0, 0.1) is 5.82 Å². The second kappa shape index (κ2) is 12.7. The molecule has 0 radical (unpaired) electrons. The third-order valence-corrected chi connectivity index (χ3v) is 4.97. The Hall–Kier alpha value is -3.24. The average Bonchev–Trinajstić information content (AvgIpc) is 2.80. The van der Waals surface area contributed by atoms with Gasteiger partial charge in [-0.3, -0.25) is 9.59 Å². The number of halogens is 1. The van der Waals surface area contributed by atoms with Crippen molar-refractivity contribution in [3.05, 3.63) is 65.5 Å². The lowest BCUT2D eigenvalue weighted by atomic mass is 9.78. The molecule has 0 unspecified atom stereocenters. The second-order valence-electron chi connectivity index (χ2n) is 7.42. The molecule has 0 saturated carbocycles. The molecule has 2 amide bonds. The van der Waals surface area contributed by atoms with Gasteiger partial charge in [0, 0.05) is 34.0 Å². The van der Waals surface area contributed by atoms with Crippen LogP contribution in [-0.4, -0.2) is 58.3 Å². The normalized spacial score (nSPS) is 12.4. The van der Waals surface area contributed by atoms with Crippen LogP contribution < -0.4 is 16.1 Å². The molecule has 10 heteroatoms. The van der Waals surface area contributed by atoms with Gasteiger partial charge in [-0.25, -0.2) is 9.18 Å². The van der Waals surface area contributed by atoms with Crippen molar-refractivity contribution < 1.29 is 32.8 Å². The van der Waals surface area contributed by atoms with Crippen molar-refractivity contribution in [3.8, 4) is 0 Å². The quantitative estimate of drug-likeness (QED) is 0.381. The molecular weight excluding hydrogens is 430 g/mol. The van der Waals surface area contributed by atoms with Crippen molar-refractivity contribution in [2.75, 3.05) is 21.3 Å². The summed E-state index contributed by atoms with van der Waals surface area (Å²) < 4.78 is 28.5. The number of benzene rings is 2. The van der Waals surface area contributed by atoms with Gasteiger partial charge in [0.15, 0.2) is 0 Å². The van der Waals surface area contributed by atoms with Crippen LogP contribution in [0.2, 0.25) is 0 Å². The SMILES string of the molecule is COB(OC)c1ccc(C[C@@H](NC(=O)[C@H](Cc2ccc(F)cc2)NC(C)=O)C(=O)OC)cc1. The van der Waals surface area contributed by atoms with Crippen LogP contribution in [0.15, 0.2) is 48.5 Å². The van der Waals surface area contributed by atoms with Crippen LogP contribution >= 0.6 is 0 Å². The van der Waals surface area contributed by atoms with E-state index in [1.807, 2.05) is 0 Å². The Morgan fingerprint density at radius 1 is 0.848 bits per heavy atom. The summed E-state index contributed by atoms with van der Waals surface area (Å²) in [5, 5.41) is 5.24. The van der Waals surface area contributed by atoms with E-state index in [1.54, 1.807) is 24.3 Å². The first-order chi connectivity index (χ1) is 15.8. The number of hydrogen-bond donors (Lipinski definition) is 2. The maximum Gasteiger partial charge on any atom is 0.493 e. The third kappa shape index (κ3) is 8.00. The Morgan fingerprint density at radius 2 is 1.36 bits per heavy atom. The van der Waals surface area contributed by atoms with Crippen molar-refractivity contribution in [2.24, 2.45) is 0 Å². The van der Waals surface area contributed by atoms with Crippen LogP contribution in [-0.2, 0) is 41.3 Å². The molecule has 33 heavy (non-hydrogen) atoms. The van der Waals surface area contributed by atoms with E-state index in [0.717, 1.165) is 11.0 Å². The van der Waals surface area contributed by atoms with E-state index in [2.05, 4.69) is 10.6 Å². The van der Waals surface area contributed by atoms with Gasteiger partial charge in [0.25, 0.3) is 0 Å². The second-order valence-corrected chi connectivity index (χ2v) is 7.42. The Kier molecular flexibility index (Phi) is 10.0. The highest BCUT2D eigenvalue weighted by molar-refractivity contribution is 6.61. The van der Waals surface area contributed by atoms with E-state index in [4.69, 9.17) is 14.0 Å². The van der Waals surface area contributed by atoms with Crippen LogP contribution in [0.25, 0.3) is 0 Å². The van der Waals surface area contributed by atoms with Crippen LogP contribution in [0.3, 0.4) is 0 Å². The third-order valence-electron chi connectivity index (χ3n) is 4.97. The summed E-state index contributed by atoms with van der Waals surface area (Å²) >= 11 is 0. The molecule has 2 aromatic rings. The first-order valence-corrected chi connectivity index (χ1v) is 10.3. The molecule has 0 heterocycles. The Morgan fingerprint density at radius 3 is 1.85 bits per heavy atom. The van der Waals surface area contributed by atoms with E-state index >= 15 is 0 Å². The van der Waals surface area contributed by atoms with Gasteiger partial charge in [0.2, 0.25) is 11.8 Å². The maximum absolute atomic E-state index is 13.2. The largest absolute Gasteiger partial charge is 0.493 e. The minimum atomic E-state index is -0.974. The molecular formula is C23H28BFN2O6. The van der Waals surface area contributed by atoms with E-state index in [9.17, 15) is 18.8 Å². The van der Waals surface area contributed by atoms with Crippen molar-refractivity contribution in [1.82, 2.24) is 10.6 Å². The van der Waals surface area contributed by atoms with Crippen LogP contribution in [0.1, 0.15) is 18.1 Å². The molecule has 8 nitrogen and oxygen atoms in total. The predicted molar refractivity (Wildman–Crippen MR) is 121 cm³/mol. The Bertz CT molecular complexity index is 935. The topological polar surface area (TPSA) is 103 Å². The van der Waals surface area contributed by atoms with Gasteiger partial charge in [0.1, 0.15) is 17.9 Å². The lowest BCUT2D eigenvalue weighted by molar-refractivity contribution is -0.145. The van der Waals surface area contributed by atoms with Gasteiger partial charge in [-0.2, -0.15) is 0 Å². The van der Waals surface area contributed by atoms with Crippen molar-refractivity contribution in [2.45, 2.75) is 31.8 Å². The fraction of sp³-hybridized carbons (Fsp3) is 0.348. The van der Waals surface area contributed by atoms with Gasteiger partial charge in [0.05, 0.1) is 7.11 Å². The number of carbonyl (C=O) groups is 3. The first-order valence-electron chi connectivity index (χ1n) is 10.3. The minimum Gasteiger partial charge on any atom is -0.467 e. The zero-order valence-corrected chi connectivity index (χ0v) is 19.1. The van der Waals surface area contributed by atoms with Crippen LogP contribution in [0.4, 0.5) is 4.39 Å². The molecule has 0 aliphatic carbocycles. The molecule has 176 valence electrons. The smallest absolute Gasteiger partial charge is 0.467 e. The summed E-state index contributed by atoms with van der Waals surface area (Å²) in [6.45, 7) is 1.29. The Balaban J connectivity index is 2.15. The van der Waals surface area contributed by atoms with Crippen molar-refractivity contribution >= 4 is 30.4 Å². The number of ether oxygens (including phenoxy) is 1. The number of carbonyl (C=O) groups excluding carboxylic acids is 3. The lowest BCUT2D eigenvalue weighted by Gasteiger charge is -2.22. The highest BCUT2D eigenvalue weighted by Crippen LogP contribution is 2.09. The molecule has 0 aliphatic rings. The van der Waals surface area contributed by atoms with Crippen LogP contribution in [0.5, 0.6) is 0 Å². The number of esters is 1. The van der Waals surface area contributed by atoms with E-state index in [-0.39, 0.29) is 12.8 Å². The fourth-order valence-electron chi connectivity index (χ4n) is 3.33. The zero-order chi connectivity index (χ0) is 24.4. The summed E-state index contributed by atoms with van der Waals surface area (Å²) in [5.74, 6) is -1.99. The monoisotopic (exact) mass is 458 g/mol. The van der Waals surface area contributed by atoms with Crippen molar-refractivity contribution in [1.29, 1.82) is 0 Å². The number of rotatable bonds is 11. The molecule has 2 rings (SSSR count). The highest BCUT2D eigenvalue weighted by atomic mass is 19.1. The van der Waals surface area contributed by atoms with Gasteiger partial charge < -0.3 is 24.7 Å².